The Hall–Kier alpha value is -1.06. The van der Waals surface area contributed by atoms with Crippen molar-refractivity contribution in [3.05, 3.63) is 29.8 Å². The summed E-state index contributed by atoms with van der Waals surface area (Å²) >= 11 is 0. The number of nitrogens with one attached hydrogen (secondary N) is 1. The van der Waals surface area contributed by atoms with Gasteiger partial charge in [0.2, 0.25) is 0 Å². The largest absolute Gasteiger partial charge is 0.393 e. The first-order chi connectivity index (χ1) is 9.63. The van der Waals surface area contributed by atoms with Crippen molar-refractivity contribution < 1.29 is 5.11 Å². The fourth-order valence-electron chi connectivity index (χ4n) is 3.68. The van der Waals surface area contributed by atoms with Crippen molar-refractivity contribution in [3.8, 4) is 0 Å². The van der Waals surface area contributed by atoms with Crippen molar-refractivity contribution in [2.75, 3.05) is 4.90 Å². The normalized spacial score (nSPS) is 29.2. The van der Waals surface area contributed by atoms with Gasteiger partial charge >= 0.3 is 0 Å². The zero-order valence-corrected chi connectivity index (χ0v) is 12.5. The molecule has 0 amide bonds. The van der Waals surface area contributed by atoms with E-state index in [4.69, 9.17) is 0 Å². The Morgan fingerprint density at radius 1 is 1.15 bits per heavy atom. The van der Waals surface area contributed by atoms with Crippen molar-refractivity contribution in [1.29, 1.82) is 0 Å². The highest BCUT2D eigenvalue weighted by molar-refractivity contribution is 5.51. The zero-order chi connectivity index (χ0) is 14.1. The first-order valence-corrected chi connectivity index (χ1v) is 7.92. The van der Waals surface area contributed by atoms with Crippen LogP contribution in [0.5, 0.6) is 0 Å². The van der Waals surface area contributed by atoms with E-state index in [0.717, 1.165) is 19.4 Å². The summed E-state index contributed by atoms with van der Waals surface area (Å²) in [6.45, 7) is 5.28. The summed E-state index contributed by atoms with van der Waals surface area (Å²) in [5.74, 6) is 0. The van der Waals surface area contributed by atoms with Gasteiger partial charge in [-0.25, -0.2) is 0 Å². The van der Waals surface area contributed by atoms with Gasteiger partial charge in [-0.3, -0.25) is 0 Å². The van der Waals surface area contributed by atoms with Crippen LogP contribution in [0.3, 0.4) is 0 Å². The van der Waals surface area contributed by atoms with Crippen molar-refractivity contribution in [3.63, 3.8) is 0 Å². The number of benzene rings is 1. The summed E-state index contributed by atoms with van der Waals surface area (Å²) in [5.41, 5.74) is 2.67. The van der Waals surface area contributed by atoms with E-state index in [1.54, 1.807) is 0 Å². The first kappa shape index (κ1) is 13.9. The van der Waals surface area contributed by atoms with Crippen molar-refractivity contribution in [1.82, 2.24) is 5.32 Å². The molecular weight excluding hydrogens is 248 g/mol. The van der Waals surface area contributed by atoms with Gasteiger partial charge in [0.05, 0.1) is 6.10 Å². The molecule has 110 valence electrons. The summed E-state index contributed by atoms with van der Waals surface area (Å²) in [6.07, 6.45) is 4.26. The lowest BCUT2D eigenvalue weighted by Crippen LogP contribution is -2.44. The number of rotatable bonds is 4. The van der Waals surface area contributed by atoms with Crippen LogP contribution in [0, 0.1) is 0 Å². The van der Waals surface area contributed by atoms with Crippen LogP contribution < -0.4 is 10.2 Å². The minimum atomic E-state index is -0.0849. The molecular formula is C17H26N2O. The van der Waals surface area contributed by atoms with Gasteiger partial charge < -0.3 is 15.3 Å². The minimum Gasteiger partial charge on any atom is -0.393 e. The maximum Gasteiger partial charge on any atom is 0.0579 e. The van der Waals surface area contributed by atoms with Gasteiger partial charge in [0.15, 0.2) is 0 Å². The summed E-state index contributed by atoms with van der Waals surface area (Å²) < 4.78 is 0. The highest BCUT2D eigenvalue weighted by Crippen LogP contribution is 2.39. The summed E-state index contributed by atoms with van der Waals surface area (Å²) in [6, 6.07) is 10.6. The summed E-state index contributed by atoms with van der Waals surface area (Å²) in [5, 5.41) is 13.3. The van der Waals surface area contributed by atoms with E-state index >= 15 is 0 Å². The molecule has 2 aliphatic rings. The third-order valence-corrected chi connectivity index (χ3v) is 4.66. The van der Waals surface area contributed by atoms with Gasteiger partial charge in [-0.1, -0.05) is 26.0 Å². The number of nitrogens with zero attached hydrogens (tertiary/aromatic N) is 1. The zero-order valence-electron chi connectivity index (χ0n) is 12.5. The molecule has 3 heteroatoms. The van der Waals surface area contributed by atoms with E-state index in [-0.39, 0.29) is 6.10 Å². The SMILES string of the molecule is CC(C)NCc1ccc(N2C3CCC2CC(O)C3)cc1. The maximum absolute atomic E-state index is 9.89. The molecule has 2 atom stereocenters. The minimum absolute atomic E-state index is 0.0849. The quantitative estimate of drug-likeness (QED) is 0.886. The number of hydrogen-bond acceptors (Lipinski definition) is 3. The van der Waals surface area contributed by atoms with E-state index < -0.39 is 0 Å². The van der Waals surface area contributed by atoms with E-state index in [0.29, 0.717) is 18.1 Å². The monoisotopic (exact) mass is 274 g/mol. The second-order valence-corrected chi connectivity index (χ2v) is 6.62. The Balaban J connectivity index is 1.69. The molecule has 2 heterocycles. The van der Waals surface area contributed by atoms with Gasteiger partial charge in [0.25, 0.3) is 0 Å². The van der Waals surface area contributed by atoms with E-state index in [1.165, 1.54) is 24.1 Å². The van der Waals surface area contributed by atoms with Crippen LogP contribution in [0.15, 0.2) is 24.3 Å². The highest BCUT2D eigenvalue weighted by Gasteiger charge is 2.40. The second kappa shape index (κ2) is 5.74. The molecule has 1 aromatic carbocycles. The highest BCUT2D eigenvalue weighted by atomic mass is 16.3. The fraction of sp³-hybridized carbons (Fsp3) is 0.647. The number of hydrogen-bond donors (Lipinski definition) is 2. The fourth-order valence-corrected chi connectivity index (χ4v) is 3.68. The van der Waals surface area contributed by atoms with Crippen LogP contribution in [0.2, 0.25) is 0 Å². The predicted molar refractivity (Wildman–Crippen MR) is 82.9 cm³/mol. The number of fused-ring (bicyclic) bond motifs is 2. The van der Waals surface area contributed by atoms with Crippen molar-refractivity contribution in [2.24, 2.45) is 0 Å². The van der Waals surface area contributed by atoms with Crippen molar-refractivity contribution >= 4 is 5.69 Å². The lowest BCUT2D eigenvalue weighted by atomic mass is 9.99. The van der Waals surface area contributed by atoms with Gasteiger partial charge in [0, 0.05) is 30.4 Å². The standard InChI is InChI=1S/C17H26N2O/c1-12(2)18-11-13-3-5-14(6-4-13)19-15-7-8-16(19)10-17(20)9-15/h3-6,12,15-18,20H,7-11H2,1-2H3. The van der Waals surface area contributed by atoms with Crippen LogP contribution >= 0.6 is 0 Å². The maximum atomic E-state index is 9.89. The molecule has 0 aliphatic carbocycles. The molecule has 2 N–H and O–H groups in total. The molecule has 2 unspecified atom stereocenters. The van der Waals surface area contributed by atoms with Crippen LogP contribution in [0.1, 0.15) is 45.1 Å². The lowest BCUT2D eigenvalue weighted by molar-refractivity contribution is 0.126. The Labute approximate surface area is 122 Å². The van der Waals surface area contributed by atoms with E-state index in [1.807, 2.05) is 0 Å². The first-order valence-electron chi connectivity index (χ1n) is 7.92. The molecule has 2 fully saturated rings. The predicted octanol–water partition coefficient (Wildman–Crippen LogP) is 2.68. The molecule has 2 aliphatic heterocycles. The molecule has 0 aromatic heterocycles. The second-order valence-electron chi connectivity index (χ2n) is 6.62. The third-order valence-electron chi connectivity index (χ3n) is 4.66. The Kier molecular flexibility index (Phi) is 3.99. The average molecular weight is 274 g/mol. The molecule has 0 radical (unpaired) electrons. The van der Waals surface area contributed by atoms with E-state index in [2.05, 4.69) is 48.3 Å². The smallest absolute Gasteiger partial charge is 0.0579 e. The van der Waals surface area contributed by atoms with Crippen LogP contribution in [0.25, 0.3) is 0 Å². The number of piperidine rings is 1. The Morgan fingerprint density at radius 3 is 2.30 bits per heavy atom. The summed E-state index contributed by atoms with van der Waals surface area (Å²) in [7, 11) is 0. The number of aliphatic hydroxyl groups is 1. The average Bonchev–Trinajstić information content (AvgIpc) is 2.69. The molecule has 3 nitrogen and oxygen atoms in total. The van der Waals surface area contributed by atoms with Gasteiger partial charge in [0.1, 0.15) is 0 Å². The topological polar surface area (TPSA) is 35.5 Å². The van der Waals surface area contributed by atoms with Crippen molar-refractivity contribution in [2.45, 2.75) is 70.3 Å². The van der Waals surface area contributed by atoms with Gasteiger partial charge in [-0.05, 0) is 43.4 Å². The van der Waals surface area contributed by atoms with Crippen LogP contribution in [-0.4, -0.2) is 29.3 Å². The number of anilines is 1. The summed E-state index contributed by atoms with van der Waals surface area (Å²) in [4.78, 5) is 2.55. The van der Waals surface area contributed by atoms with Crippen LogP contribution in [-0.2, 0) is 6.54 Å². The lowest BCUT2D eigenvalue weighted by Gasteiger charge is -2.39. The molecule has 0 saturated carbocycles. The third kappa shape index (κ3) is 2.84. The van der Waals surface area contributed by atoms with Gasteiger partial charge in [-0.15, -0.1) is 0 Å². The number of aliphatic hydroxyl groups excluding tert-OH is 1. The van der Waals surface area contributed by atoms with E-state index in [9.17, 15) is 5.11 Å². The Bertz CT molecular complexity index is 429. The molecule has 20 heavy (non-hydrogen) atoms. The molecule has 2 saturated heterocycles. The molecule has 2 bridgehead atoms. The molecule has 1 aromatic rings. The Morgan fingerprint density at radius 2 is 1.75 bits per heavy atom. The molecule has 3 rings (SSSR count). The molecule has 0 spiro atoms. The van der Waals surface area contributed by atoms with Crippen LogP contribution in [0.4, 0.5) is 5.69 Å². The van der Waals surface area contributed by atoms with Gasteiger partial charge in [-0.2, -0.15) is 0 Å².